The molecule has 0 nitrogen and oxygen atoms in total. The minimum atomic E-state index is 1.33. The van der Waals surface area contributed by atoms with Gasteiger partial charge in [0.2, 0.25) is 0 Å². The van der Waals surface area contributed by atoms with Gasteiger partial charge in [-0.3, -0.25) is 0 Å². The number of fused-ring (bicyclic) bond motifs is 8. The second kappa shape index (κ2) is 10.4. The zero-order valence-electron chi connectivity index (χ0n) is 21.6. The molecule has 206 valence electrons. The van der Waals surface area contributed by atoms with Gasteiger partial charge >= 0.3 is 0 Å². The first-order valence-corrected chi connectivity index (χ1v) is 22.1. The Balaban J connectivity index is 1.22. The number of aryl methyl sites for hydroxylation is 2. The number of hydrogen-bond donors (Lipinski definition) is 0. The van der Waals surface area contributed by atoms with Gasteiger partial charge in [0.05, 0.1) is 45.4 Å². The molecule has 10 heteroatoms. The van der Waals surface area contributed by atoms with E-state index in [2.05, 4.69) is 153 Å². The van der Waals surface area contributed by atoms with Gasteiger partial charge in [-0.2, -0.15) is 0 Å². The maximum absolute atomic E-state index is 2.61. The third kappa shape index (κ3) is 4.17. The van der Waals surface area contributed by atoms with Crippen molar-refractivity contribution in [2.75, 3.05) is 0 Å². The van der Waals surface area contributed by atoms with Crippen LogP contribution in [0.25, 0.3) is 78.7 Å². The second-order valence-corrected chi connectivity index (χ2v) is 20.9. The van der Waals surface area contributed by atoms with E-state index in [0.717, 1.165) is 0 Å². The Morgan fingerprint density at radius 1 is 0.381 bits per heavy atom. The molecule has 3 aromatic carbocycles. The van der Waals surface area contributed by atoms with Crippen molar-refractivity contribution in [1.82, 2.24) is 0 Å². The van der Waals surface area contributed by atoms with Crippen LogP contribution in [0.15, 0.2) is 48.5 Å². The fourth-order valence-electron chi connectivity index (χ4n) is 5.56. The van der Waals surface area contributed by atoms with Gasteiger partial charge in [-0.25, -0.2) is 0 Å². The molecule has 0 saturated carbocycles. The Bertz CT molecular complexity index is 2420. The summed E-state index contributed by atoms with van der Waals surface area (Å²) in [5, 5.41) is 5.60. The summed E-state index contributed by atoms with van der Waals surface area (Å²) in [6, 6.07) is 18.7. The minimum absolute atomic E-state index is 1.33. The van der Waals surface area contributed by atoms with Crippen molar-refractivity contribution in [1.29, 1.82) is 0 Å². The van der Waals surface area contributed by atoms with E-state index in [4.69, 9.17) is 0 Å². The van der Waals surface area contributed by atoms with Crippen molar-refractivity contribution >= 4 is 218 Å². The van der Waals surface area contributed by atoms with Gasteiger partial charge in [0.15, 0.2) is 0 Å². The lowest BCUT2D eigenvalue weighted by Gasteiger charge is -1.98. The van der Waals surface area contributed by atoms with Crippen molar-refractivity contribution < 1.29 is 0 Å². The lowest BCUT2D eigenvalue weighted by molar-refractivity contribution is 1.52. The van der Waals surface area contributed by atoms with Crippen molar-refractivity contribution in [3.8, 4) is 19.5 Å². The lowest BCUT2D eigenvalue weighted by atomic mass is 10.2. The first kappa shape index (κ1) is 28.6. The van der Waals surface area contributed by atoms with Crippen LogP contribution in [0, 0.1) is 28.1 Å². The molecule has 0 aliphatic rings. The maximum atomic E-state index is 2.61. The van der Waals surface area contributed by atoms with E-state index in [1.807, 2.05) is 68.0 Å². The Kier molecular flexibility index (Phi) is 7.09. The highest BCUT2D eigenvalue weighted by atomic mass is 127. The highest BCUT2D eigenvalue weighted by Crippen LogP contribution is 2.54. The topological polar surface area (TPSA) is 0 Å². The zero-order valence-corrected chi connectivity index (χ0v) is 35.1. The molecule has 0 radical (unpaired) electrons. The molecule has 0 fully saturated rings. The fourth-order valence-corrected chi connectivity index (χ4v) is 19.4. The molecule has 0 unspecified atom stereocenters. The number of halogens is 4. The van der Waals surface area contributed by atoms with Gasteiger partial charge in [-0.1, -0.05) is 24.3 Å². The number of hydrogen-bond acceptors (Lipinski definition) is 6. The summed E-state index contributed by atoms with van der Waals surface area (Å²) in [5.41, 5.74) is 2.66. The second-order valence-electron chi connectivity index (χ2n) is 10.3. The van der Waals surface area contributed by atoms with Crippen molar-refractivity contribution in [3.63, 3.8) is 0 Å². The van der Waals surface area contributed by atoms with Crippen LogP contribution in [0.5, 0.6) is 0 Å². The molecule has 9 rings (SSSR count). The van der Waals surface area contributed by atoms with Gasteiger partial charge in [-0.15, -0.1) is 68.0 Å². The molecule has 0 bridgehead atoms. The van der Waals surface area contributed by atoms with Gasteiger partial charge in [0.1, 0.15) is 0 Å². The summed E-state index contributed by atoms with van der Waals surface area (Å²) in [5.74, 6) is 0. The summed E-state index contributed by atoms with van der Waals surface area (Å²) in [7, 11) is 0. The molecule has 6 heterocycles. The van der Waals surface area contributed by atoms with E-state index in [9.17, 15) is 0 Å². The largest absolute Gasteiger partial charge is 0.133 e. The molecule has 6 aromatic heterocycles. The molecule has 0 atom stereocenters. The van der Waals surface area contributed by atoms with Crippen molar-refractivity contribution in [2.24, 2.45) is 0 Å². The highest BCUT2D eigenvalue weighted by Gasteiger charge is 2.24. The molecule has 0 spiro atoms. The van der Waals surface area contributed by atoms with E-state index in [1.54, 1.807) is 0 Å². The van der Waals surface area contributed by atoms with Crippen LogP contribution in [-0.4, -0.2) is 0 Å². The van der Waals surface area contributed by atoms with Crippen LogP contribution >= 0.6 is 158 Å². The van der Waals surface area contributed by atoms with Crippen LogP contribution in [0.4, 0.5) is 0 Å². The Morgan fingerprint density at radius 3 is 1.19 bits per heavy atom. The van der Waals surface area contributed by atoms with Crippen molar-refractivity contribution in [2.45, 2.75) is 13.8 Å². The summed E-state index contributed by atoms with van der Waals surface area (Å²) in [6.07, 6.45) is 0. The normalized spacial score (nSPS) is 12.5. The van der Waals surface area contributed by atoms with E-state index in [-0.39, 0.29) is 0 Å². The summed E-state index contributed by atoms with van der Waals surface area (Å²) in [4.78, 5) is 5.71. The molecule has 0 saturated heterocycles. The van der Waals surface area contributed by atoms with Gasteiger partial charge < -0.3 is 0 Å². The summed E-state index contributed by atoms with van der Waals surface area (Å²) in [6.45, 7) is 4.37. The van der Waals surface area contributed by atoms with Crippen LogP contribution in [0.1, 0.15) is 11.1 Å². The van der Waals surface area contributed by atoms with Crippen LogP contribution in [0.2, 0.25) is 0 Å². The molecular weight excluding hydrogens is 1080 g/mol. The monoisotopic (exact) mass is 1100 g/mol. The highest BCUT2D eigenvalue weighted by molar-refractivity contribution is 14.1. The average Bonchev–Trinajstić information content (AvgIpc) is 3.78. The zero-order chi connectivity index (χ0) is 28.6. The Hall–Kier alpha value is 0.340. The minimum Gasteiger partial charge on any atom is -0.133 e. The maximum Gasteiger partial charge on any atom is 0.0608 e. The predicted molar refractivity (Wildman–Crippen MR) is 230 cm³/mol. The molecule has 0 amide bonds. The van der Waals surface area contributed by atoms with Crippen LogP contribution in [0.3, 0.4) is 0 Å². The van der Waals surface area contributed by atoms with E-state index in [0.29, 0.717) is 0 Å². The Morgan fingerprint density at radius 2 is 0.762 bits per heavy atom. The standard InChI is InChI=1S/C32H14I4S6/c1-11-3-5-13-17(7-11)37-27(21(13)33)31-23(35)29-25(41-31)15-9-20-16(10-19(15)39-29)26-30(40-20)24(36)32(42-26)28-22(34)14-6-4-12(2)8-18(14)38-28/h3-10H,1-2H3. The van der Waals surface area contributed by atoms with Crippen molar-refractivity contribution in [3.05, 3.63) is 73.9 Å². The molecular formula is C32H14I4S6. The van der Waals surface area contributed by atoms with Gasteiger partial charge in [0, 0.05) is 47.5 Å². The third-order valence-corrected chi connectivity index (χ3v) is 21.9. The smallest absolute Gasteiger partial charge is 0.0608 e. The number of rotatable bonds is 2. The quantitative estimate of drug-likeness (QED) is 0.151. The van der Waals surface area contributed by atoms with Gasteiger partial charge in [-0.05, 0) is 140 Å². The summed E-state index contributed by atoms with van der Waals surface area (Å²) >= 11 is 22.1. The van der Waals surface area contributed by atoms with E-state index < -0.39 is 0 Å². The van der Waals surface area contributed by atoms with E-state index in [1.165, 1.54) is 104 Å². The van der Waals surface area contributed by atoms with Gasteiger partial charge in [0.25, 0.3) is 0 Å². The first-order valence-electron chi connectivity index (χ1n) is 12.8. The number of thiophene rings is 6. The first-order chi connectivity index (χ1) is 20.3. The SMILES string of the molecule is Cc1ccc2c(I)c(-c3sc4c(sc5cc6c(cc54)sc4c(I)c(-c5sc7cc(C)ccc7c5I)sc46)c3I)sc2c1. The van der Waals surface area contributed by atoms with E-state index >= 15 is 0 Å². The third-order valence-electron chi connectivity index (χ3n) is 7.60. The van der Waals surface area contributed by atoms with Crippen LogP contribution in [-0.2, 0) is 0 Å². The molecule has 0 aliphatic carbocycles. The molecule has 0 N–H and O–H groups in total. The number of benzene rings is 3. The summed E-state index contributed by atoms with van der Waals surface area (Å²) < 4.78 is 17.0. The fraction of sp³-hybridized carbons (Fsp3) is 0.0625. The predicted octanol–water partition coefficient (Wildman–Crippen LogP) is 15.3. The lowest BCUT2D eigenvalue weighted by Crippen LogP contribution is -1.74. The molecule has 9 aromatic rings. The van der Waals surface area contributed by atoms with Crippen LogP contribution < -0.4 is 0 Å². The average molecular weight is 1100 g/mol. The molecule has 42 heavy (non-hydrogen) atoms. The Labute approximate surface area is 319 Å². The molecule has 0 aliphatic heterocycles.